The molecule has 8 heteroatoms. The Balaban J connectivity index is 1.77. The maximum Gasteiger partial charge on any atom is 0.344 e. The molecule has 3 rings (SSSR count). The average Bonchev–Trinajstić information content (AvgIpc) is 3.02. The number of pyridine rings is 1. The third kappa shape index (κ3) is 3.21. The number of aromatic nitrogens is 3. The van der Waals surface area contributed by atoms with Gasteiger partial charge in [0, 0.05) is 23.8 Å². The van der Waals surface area contributed by atoms with Crippen LogP contribution in [0.4, 0.5) is 0 Å². The van der Waals surface area contributed by atoms with Crippen LogP contribution >= 0.6 is 11.3 Å². The van der Waals surface area contributed by atoms with Gasteiger partial charge in [0.05, 0.1) is 12.3 Å². The van der Waals surface area contributed by atoms with Crippen LogP contribution in [-0.4, -0.2) is 26.9 Å². The van der Waals surface area contributed by atoms with Gasteiger partial charge < -0.3 is 9.47 Å². The molecule has 0 bridgehead atoms. The lowest BCUT2D eigenvalue weighted by molar-refractivity contribution is 0.0462. The van der Waals surface area contributed by atoms with E-state index in [0.717, 1.165) is 0 Å². The maximum absolute atomic E-state index is 12.2. The molecule has 0 unspecified atom stereocenters. The van der Waals surface area contributed by atoms with Gasteiger partial charge in [-0.2, -0.15) is 0 Å². The van der Waals surface area contributed by atoms with Crippen LogP contribution in [0.25, 0.3) is 4.96 Å². The van der Waals surface area contributed by atoms with E-state index in [2.05, 4.69) is 9.97 Å². The predicted octanol–water partition coefficient (Wildman–Crippen LogP) is 1.91. The minimum atomic E-state index is -0.574. The van der Waals surface area contributed by atoms with Gasteiger partial charge in [0.1, 0.15) is 12.2 Å². The summed E-state index contributed by atoms with van der Waals surface area (Å²) in [6.07, 6.45) is 3.18. The van der Waals surface area contributed by atoms with Gasteiger partial charge in [-0.05, 0) is 19.1 Å². The van der Waals surface area contributed by atoms with E-state index >= 15 is 0 Å². The fourth-order valence-electron chi connectivity index (χ4n) is 1.98. The Morgan fingerprint density at radius 2 is 2.30 bits per heavy atom. The number of hydrogen-bond donors (Lipinski definition) is 0. The molecule has 0 aliphatic rings. The zero-order chi connectivity index (χ0) is 16.2. The van der Waals surface area contributed by atoms with E-state index in [1.165, 1.54) is 28.0 Å². The van der Waals surface area contributed by atoms with Gasteiger partial charge in [0.15, 0.2) is 4.96 Å². The van der Waals surface area contributed by atoms with Gasteiger partial charge in [-0.15, -0.1) is 11.3 Å². The van der Waals surface area contributed by atoms with E-state index in [1.807, 2.05) is 0 Å². The first kappa shape index (κ1) is 15.2. The Morgan fingerprint density at radius 3 is 3.13 bits per heavy atom. The Kier molecular flexibility index (Phi) is 4.33. The summed E-state index contributed by atoms with van der Waals surface area (Å²) >= 11 is 1.34. The fraction of sp³-hybridized carbons (Fsp3) is 0.200. The zero-order valence-corrected chi connectivity index (χ0v) is 13.1. The van der Waals surface area contributed by atoms with Crippen molar-refractivity contribution in [2.75, 3.05) is 6.61 Å². The summed E-state index contributed by atoms with van der Waals surface area (Å²) in [7, 11) is 0. The van der Waals surface area contributed by atoms with Crippen LogP contribution in [0.15, 0.2) is 40.8 Å². The maximum atomic E-state index is 12.2. The molecule has 0 saturated heterocycles. The first-order valence-corrected chi connectivity index (χ1v) is 7.77. The number of fused-ring (bicyclic) bond motifs is 1. The molecule has 3 aromatic rings. The van der Waals surface area contributed by atoms with Gasteiger partial charge in [-0.3, -0.25) is 9.20 Å². The number of nitrogens with zero attached hydrogens (tertiary/aromatic N) is 3. The second-order valence-corrected chi connectivity index (χ2v) is 5.38. The summed E-state index contributed by atoms with van der Waals surface area (Å²) in [6, 6.07) is 4.55. The molecule has 23 heavy (non-hydrogen) atoms. The Hall–Kier alpha value is -2.74. The van der Waals surface area contributed by atoms with Crippen molar-refractivity contribution >= 4 is 22.3 Å². The van der Waals surface area contributed by atoms with Crippen LogP contribution in [0.1, 0.15) is 23.0 Å². The van der Waals surface area contributed by atoms with E-state index < -0.39 is 5.97 Å². The molecule has 0 fully saturated rings. The molecule has 0 aliphatic carbocycles. The molecule has 0 N–H and O–H groups in total. The number of esters is 1. The van der Waals surface area contributed by atoms with E-state index in [1.54, 1.807) is 30.6 Å². The van der Waals surface area contributed by atoms with Crippen molar-refractivity contribution in [3.05, 3.63) is 57.6 Å². The van der Waals surface area contributed by atoms with Gasteiger partial charge >= 0.3 is 5.97 Å². The Morgan fingerprint density at radius 1 is 1.43 bits per heavy atom. The second kappa shape index (κ2) is 6.57. The Labute approximate surface area is 135 Å². The highest BCUT2D eigenvalue weighted by Crippen LogP contribution is 2.16. The second-order valence-electron chi connectivity index (χ2n) is 4.51. The van der Waals surface area contributed by atoms with Crippen molar-refractivity contribution in [3.8, 4) is 5.88 Å². The lowest BCUT2D eigenvalue weighted by atomic mass is 10.3. The summed E-state index contributed by atoms with van der Waals surface area (Å²) in [4.78, 5) is 32.9. The lowest BCUT2D eigenvalue weighted by Gasteiger charge is -2.08. The molecule has 0 aliphatic heterocycles. The summed E-state index contributed by atoms with van der Waals surface area (Å²) in [6.45, 7) is 2.10. The number of rotatable bonds is 5. The van der Waals surface area contributed by atoms with Crippen LogP contribution in [0.2, 0.25) is 0 Å². The van der Waals surface area contributed by atoms with Crippen molar-refractivity contribution < 1.29 is 14.3 Å². The van der Waals surface area contributed by atoms with Crippen molar-refractivity contribution in [2.24, 2.45) is 0 Å². The molecule has 0 aromatic carbocycles. The zero-order valence-electron chi connectivity index (χ0n) is 12.3. The van der Waals surface area contributed by atoms with Gasteiger partial charge in [-0.25, -0.2) is 14.8 Å². The lowest BCUT2D eigenvalue weighted by Crippen LogP contribution is -2.15. The van der Waals surface area contributed by atoms with Crippen LogP contribution in [0.3, 0.4) is 0 Å². The van der Waals surface area contributed by atoms with Crippen molar-refractivity contribution in [2.45, 2.75) is 13.5 Å². The molecule has 0 radical (unpaired) electrons. The topological polar surface area (TPSA) is 82.8 Å². The molecule has 0 amide bonds. The number of hydrogen-bond acceptors (Lipinski definition) is 7. The summed E-state index contributed by atoms with van der Waals surface area (Å²) in [5, 5.41) is 1.77. The van der Waals surface area contributed by atoms with E-state index in [-0.39, 0.29) is 23.6 Å². The van der Waals surface area contributed by atoms with Crippen LogP contribution in [0.5, 0.6) is 5.88 Å². The van der Waals surface area contributed by atoms with Gasteiger partial charge in [-0.1, -0.05) is 0 Å². The van der Waals surface area contributed by atoms with Gasteiger partial charge in [0.25, 0.3) is 5.56 Å². The molecule has 0 atom stereocenters. The quantitative estimate of drug-likeness (QED) is 0.664. The van der Waals surface area contributed by atoms with Crippen LogP contribution in [0, 0.1) is 0 Å². The third-order valence-corrected chi connectivity index (χ3v) is 3.74. The molecular weight excluding hydrogens is 318 g/mol. The van der Waals surface area contributed by atoms with Crippen molar-refractivity contribution in [1.82, 2.24) is 14.4 Å². The highest BCUT2D eigenvalue weighted by molar-refractivity contribution is 7.15. The minimum Gasteiger partial charge on any atom is -0.477 e. The number of ether oxygens (including phenoxy) is 2. The summed E-state index contributed by atoms with van der Waals surface area (Å²) in [5.41, 5.74) is 0.426. The molecule has 0 spiro atoms. The SMILES string of the molecule is CCOc1ncccc1C(=O)OCc1cc(=O)n2ccsc2n1. The molecule has 7 nitrogen and oxygen atoms in total. The third-order valence-electron chi connectivity index (χ3n) is 2.98. The average molecular weight is 331 g/mol. The molecule has 0 saturated carbocycles. The summed E-state index contributed by atoms with van der Waals surface area (Å²) in [5.74, 6) is -0.350. The van der Waals surface area contributed by atoms with E-state index in [0.29, 0.717) is 17.3 Å². The molecule has 118 valence electrons. The summed E-state index contributed by atoms with van der Waals surface area (Å²) < 4.78 is 11.9. The molecule has 3 heterocycles. The first-order chi connectivity index (χ1) is 11.2. The van der Waals surface area contributed by atoms with Gasteiger partial charge in [0.2, 0.25) is 5.88 Å². The minimum absolute atomic E-state index is 0.0943. The molecular formula is C15H13N3O4S. The monoisotopic (exact) mass is 331 g/mol. The van der Waals surface area contributed by atoms with Crippen LogP contribution in [-0.2, 0) is 11.3 Å². The predicted molar refractivity (Wildman–Crippen MR) is 83.9 cm³/mol. The standard InChI is InChI=1S/C15H13N3O4S/c1-2-21-13-11(4-3-5-16-13)14(20)22-9-10-8-12(19)18-6-7-23-15(18)17-10/h3-8H,2,9H2,1H3. The van der Waals surface area contributed by atoms with E-state index in [9.17, 15) is 9.59 Å². The number of carbonyl (C=O) groups is 1. The number of thiazole rings is 1. The fourth-order valence-corrected chi connectivity index (χ4v) is 2.72. The highest BCUT2D eigenvalue weighted by atomic mass is 32.1. The highest BCUT2D eigenvalue weighted by Gasteiger charge is 2.15. The smallest absolute Gasteiger partial charge is 0.344 e. The first-order valence-electron chi connectivity index (χ1n) is 6.89. The van der Waals surface area contributed by atoms with Crippen LogP contribution < -0.4 is 10.3 Å². The molecule has 3 aromatic heterocycles. The largest absolute Gasteiger partial charge is 0.477 e. The van der Waals surface area contributed by atoms with Crippen molar-refractivity contribution in [3.63, 3.8) is 0 Å². The van der Waals surface area contributed by atoms with E-state index in [4.69, 9.17) is 9.47 Å². The van der Waals surface area contributed by atoms with Crippen molar-refractivity contribution in [1.29, 1.82) is 0 Å². The number of carbonyl (C=O) groups excluding carboxylic acids is 1. The normalized spacial score (nSPS) is 10.7. The Bertz CT molecular complexity index is 903.